The molecule has 86 valence electrons. The summed E-state index contributed by atoms with van der Waals surface area (Å²) < 4.78 is 5.16. The second kappa shape index (κ2) is 4.45. The van der Waals surface area contributed by atoms with Crippen LogP contribution < -0.4 is 5.73 Å². The lowest BCUT2D eigenvalue weighted by Gasteiger charge is -2.31. The maximum Gasteiger partial charge on any atom is 0.254 e. The van der Waals surface area contributed by atoms with E-state index in [0.717, 1.165) is 12.8 Å². The fraction of sp³-hybridized carbons (Fsp3) is 0.800. The minimum absolute atomic E-state index is 0.0414. The standard InChI is InChI=1S/C10H18N2O2S/c1-10(2,14-3)9(13)12-6-4-5-7(12)8(11)15/h7H,4-6H2,1-3H3,(H2,11,15). The molecular weight excluding hydrogens is 212 g/mol. The molecule has 1 unspecified atom stereocenters. The second-order valence-electron chi connectivity index (χ2n) is 4.27. The van der Waals surface area contributed by atoms with Crippen LogP contribution in [0, 0.1) is 0 Å². The third kappa shape index (κ3) is 2.46. The molecular formula is C10H18N2O2S. The van der Waals surface area contributed by atoms with Gasteiger partial charge < -0.3 is 15.4 Å². The van der Waals surface area contributed by atoms with E-state index in [1.165, 1.54) is 7.11 Å². The lowest BCUT2D eigenvalue weighted by Crippen LogP contribution is -2.51. The lowest BCUT2D eigenvalue weighted by molar-refractivity contribution is -0.150. The number of rotatable bonds is 3. The predicted octanol–water partition coefficient (Wildman–Crippen LogP) is 0.689. The zero-order valence-electron chi connectivity index (χ0n) is 9.45. The highest BCUT2D eigenvalue weighted by Gasteiger charge is 2.38. The molecule has 1 rings (SSSR count). The second-order valence-corrected chi connectivity index (χ2v) is 4.74. The number of amides is 1. The number of carbonyl (C=O) groups excluding carboxylic acids is 1. The first-order valence-electron chi connectivity index (χ1n) is 5.05. The van der Waals surface area contributed by atoms with Crippen LogP contribution in [0.2, 0.25) is 0 Å². The van der Waals surface area contributed by atoms with Crippen molar-refractivity contribution in [2.24, 2.45) is 5.73 Å². The fourth-order valence-corrected chi connectivity index (χ4v) is 1.98. The van der Waals surface area contributed by atoms with Crippen molar-refractivity contribution < 1.29 is 9.53 Å². The van der Waals surface area contributed by atoms with Gasteiger partial charge in [0.1, 0.15) is 5.60 Å². The number of nitrogens with zero attached hydrogens (tertiary/aromatic N) is 1. The van der Waals surface area contributed by atoms with Gasteiger partial charge in [0.15, 0.2) is 0 Å². The van der Waals surface area contributed by atoms with Gasteiger partial charge in [-0.1, -0.05) is 12.2 Å². The van der Waals surface area contributed by atoms with E-state index in [4.69, 9.17) is 22.7 Å². The smallest absolute Gasteiger partial charge is 0.254 e. The highest BCUT2D eigenvalue weighted by Crippen LogP contribution is 2.22. The Morgan fingerprint density at radius 2 is 2.20 bits per heavy atom. The van der Waals surface area contributed by atoms with Gasteiger partial charge in [-0.25, -0.2) is 0 Å². The molecule has 1 aliphatic rings. The van der Waals surface area contributed by atoms with Crippen LogP contribution in [0.4, 0.5) is 0 Å². The van der Waals surface area contributed by atoms with Gasteiger partial charge in [-0.15, -0.1) is 0 Å². The number of carbonyl (C=O) groups is 1. The third-order valence-corrected chi connectivity index (χ3v) is 3.14. The summed E-state index contributed by atoms with van der Waals surface area (Å²) >= 11 is 4.95. The number of ether oxygens (including phenoxy) is 1. The topological polar surface area (TPSA) is 55.6 Å². The Morgan fingerprint density at radius 3 is 2.67 bits per heavy atom. The zero-order valence-corrected chi connectivity index (χ0v) is 10.3. The average molecular weight is 230 g/mol. The van der Waals surface area contributed by atoms with E-state index in [9.17, 15) is 4.79 Å². The Morgan fingerprint density at radius 1 is 1.60 bits per heavy atom. The van der Waals surface area contributed by atoms with Gasteiger partial charge in [-0.2, -0.15) is 0 Å². The molecule has 0 aromatic rings. The van der Waals surface area contributed by atoms with E-state index in [0.29, 0.717) is 11.5 Å². The average Bonchev–Trinajstić information content (AvgIpc) is 2.64. The summed E-state index contributed by atoms with van der Waals surface area (Å²) in [4.78, 5) is 14.2. The van der Waals surface area contributed by atoms with E-state index in [1.54, 1.807) is 18.7 Å². The summed E-state index contributed by atoms with van der Waals surface area (Å²) in [6.45, 7) is 4.22. The number of hydrogen-bond acceptors (Lipinski definition) is 3. The van der Waals surface area contributed by atoms with Gasteiger partial charge >= 0.3 is 0 Å². The molecule has 0 spiro atoms. The van der Waals surface area contributed by atoms with Gasteiger partial charge in [0, 0.05) is 13.7 Å². The van der Waals surface area contributed by atoms with Crippen molar-refractivity contribution in [2.45, 2.75) is 38.3 Å². The first-order valence-corrected chi connectivity index (χ1v) is 5.46. The number of nitrogens with two attached hydrogens (primary N) is 1. The number of likely N-dealkylation sites (tertiary alicyclic amines) is 1. The van der Waals surface area contributed by atoms with Crippen molar-refractivity contribution in [3.8, 4) is 0 Å². The van der Waals surface area contributed by atoms with Gasteiger partial charge in [-0.05, 0) is 26.7 Å². The largest absolute Gasteiger partial charge is 0.392 e. The normalized spacial score (nSPS) is 21.8. The summed E-state index contributed by atoms with van der Waals surface area (Å²) in [5.41, 5.74) is 4.81. The summed E-state index contributed by atoms with van der Waals surface area (Å²) in [5, 5.41) is 0. The fourth-order valence-electron chi connectivity index (χ4n) is 1.74. The summed E-state index contributed by atoms with van der Waals surface area (Å²) in [6.07, 6.45) is 1.81. The first-order chi connectivity index (χ1) is 6.90. The number of hydrogen-bond donors (Lipinski definition) is 1. The molecule has 0 saturated carbocycles. The maximum atomic E-state index is 12.1. The van der Waals surface area contributed by atoms with Crippen molar-refractivity contribution in [1.29, 1.82) is 0 Å². The molecule has 0 radical (unpaired) electrons. The SMILES string of the molecule is COC(C)(C)C(=O)N1CCCC1C(N)=S. The quantitative estimate of drug-likeness (QED) is 0.725. The van der Waals surface area contributed by atoms with E-state index >= 15 is 0 Å². The molecule has 1 saturated heterocycles. The molecule has 0 aromatic carbocycles. The van der Waals surface area contributed by atoms with E-state index in [-0.39, 0.29) is 11.9 Å². The molecule has 0 aliphatic carbocycles. The van der Waals surface area contributed by atoms with Crippen molar-refractivity contribution >= 4 is 23.1 Å². The molecule has 1 fully saturated rings. The molecule has 15 heavy (non-hydrogen) atoms. The molecule has 0 bridgehead atoms. The highest BCUT2D eigenvalue weighted by molar-refractivity contribution is 7.80. The molecule has 1 amide bonds. The van der Waals surface area contributed by atoms with Crippen molar-refractivity contribution in [3.05, 3.63) is 0 Å². The van der Waals surface area contributed by atoms with Crippen molar-refractivity contribution in [2.75, 3.05) is 13.7 Å². The van der Waals surface area contributed by atoms with Crippen LogP contribution >= 0.6 is 12.2 Å². The van der Waals surface area contributed by atoms with Crippen LogP contribution in [-0.2, 0) is 9.53 Å². The van der Waals surface area contributed by atoms with E-state index in [1.807, 2.05) is 0 Å². The minimum atomic E-state index is -0.798. The molecule has 5 heteroatoms. The molecule has 1 heterocycles. The van der Waals surface area contributed by atoms with Crippen LogP contribution in [0.1, 0.15) is 26.7 Å². The number of thiocarbonyl (C=S) groups is 1. The molecule has 2 N–H and O–H groups in total. The van der Waals surface area contributed by atoms with Crippen LogP contribution in [0.25, 0.3) is 0 Å². The zero-order chi connectivity index (χ0) is 11.6. The third-order valence-electron chi connectivity index (χ3n) is 2.87. The van der Waals surface area contributed by atoms with Crippen molar-refractivity contribution in [3.63, 3.8) is 0 Å². The van der Waals surface area contributed by atoms with Crippen molar-refractivity contribution in [1.82, 2.24) is 4.90 Å². The van der Waals surface area contributed by atoms with Gasteiger partial charge in [0.2, 0.25) is 0 Å². The Bertz CT molecular complexity index is 279. The number of methoxy groups -OCH3 is 1. The first kappa shape index (κ1) is 12.4. The lowest BCUT2D eigenvalue weighted by atomic mass is 10.1. The summed E-state index contributed by atoms with van der Waals surface area (Å²) in [7, 11) is 1.53. The Labute approximate surface area is 95.8 Å². The van der Waals surface area contributed by atoms with E-state index in [2.05, 4.69) is 0 Å². The van der Waals surface area contributed by atoms with Gasteiger partial charge in [0.25, 0.3) is 5.91 Å². The van der Waals surface area contributed by atoms with Crippen LogP contribution in [0.5, 0.6) is 0 Å². The summed E-state index contributed by atoms with van der Waals surface area (Å²) in [6, 6.07) is -0.0954. The molecule has 0 aromatic heterocycles. The Hall–Kier alpha value is -0.680. The Kier molecular flexibility index (Phi) is 3.67. The highest BCUT2D eigenvalue weighted by atomic mass is 32.1. The minimum Gasteiger partial charge on any atom is -0.392 e. The van der Waals surface area contributed by atoms with E-state index < -0.39 is 5.60 Å². The molecule has 1 atom stereocenters. The van der Waals surface area contributed by atoms with Crippen LogP contribution in [0.3, 0.4) is 0 Å². The summed E-state index contributed by atoms with van der Waals surface area (Å²) in [5.74, 6) is -0.0414. The molecule has 4 nitrogen and oxygen atoms in total. The van der Waals surface area contributed by atoms with Crippen LogP contribution in [0.15, 0.2) is 0 Å². The van der Waals surface area contributed by atoms with Gasteiger partial charge in [-0.3, -0.25) is 4.79 Å². The van der Waals surface area contributed by atoms with Crippen LogP contribution in [-0.4, -0.2) is 41.1 Å². The Balaban J connectivity index is 2.79. The monoisotopic (exact) mass is 230 g/mol. The molecule has 1 aliphatic heterocycles. The van der Waals surface area contributed by atoms with Gasteiger partial charge in [0.05, 0.1) is 11.0 Å². The maximum absolute atomic E-state index is 12.1. The predicted molar refractivity (Wildman–Crippen MR) is 62.6 cm³/mol.